The monoisotopic (exact) mass is 597 g/mol. The number of amides is 1. The van der Waals surface area contributed by atoms with Gasteiger partial charge < -0.3 is 24.8 Å². The maximum Gasteiger partial charge on any atom is 0.318 e. The zero-order chi connectivity index (χ0) is 31.3. The third-order valence-electron chi connectivity index (χ3n) is 8.35. The number of hydrogen-bond donors (Lipinski definition) is 1. The number of anilines is 2. The molecule has 0 saturated carbocycles. The lowest BCUT2D eigenvalue weighted by molar-refractivity contribution is -0.128. The molecule has 0 bridgehead atoms. The molecule has 9 heteroatoms. The minimum atomic E-state index is -0.139. The highest BCUT2D eigenvalue weighted by atomic mass is 16.5. The Labute approximate surface area is 262 Å². The summed E-state index contributed by atoms with van der Waals surface area (Å²) >= 11 is 0. The van der Waals surface area contributed by atoms with E-state index in [-0.39, 0.29) is 11.9 Å². The van der Waals surface area contributed by atoms with E-state index in [1.165, 1.54) is 48.5 Å². The summed E-state index contributed by atoms with van der Waals surface area (Å²) in [7, 11) is 1.60. The van der Waals surface area contributed by atoms with Gasteiger partial charge in [0.1, 0.15) is 5.82 Å². The Hall–Kier alpha value is -4.16. The molecule has 0 aliphatic carbocycles. The third-order valence-corrected chi connectivity index (χ3v) is 8.35. The predicted octanol–water partition coefficient (Wildman–Crippen LogP) is 5.49. The molecule has 1 unspecified atom stereocenters. The predicted molar refractivity (Wildman–Crippen MR) is 178 cm³/mol. The number of methoxy groups -OCH3 is 1. The van der Waals surface area contributed by atoms with E-state index in [1.807, 2.05) is 13.8 Å². The number of nitriles is 1. The Morgan fingerprint density at radius 3 is 2.52 bits per heavy atom. The van der Waals surface area contributed by atoms with Crippen LogP contribution in [0.25, 0.3) is 10.8 Å². The number of rotatable bonds is 5. The van der Waals surface area contributed by atoms with Crippen LogP contribution in [0.15, 0.2) is 55.1 Å². The minimum absolute atomic E-state index is 0.108. The van der Waals surface area contributed by atoms with Crippen LogP contribution in [0.2, 0.25) is 0 Å². The number of nitrogens with one attached hydrogen (secondary N) is 1. The van der Waals surface area contributed by atoms with Crippen molar-refractivity contribution in [2.75, 3.05) is 56.2 Å². The van der Waals surface area contributed by atoms with Crippen LogP contribution in [-0.2, 0) is 17.8 Å². The van der Waals surface area contributed by atoms with E-state index in [1.54, 1.807) is 12.0 Å². The number of fused-ring (bicyclic) bond motifs is 2. The molecule has 1 N–H and O–H groups in total. The van der Waals surface area contributed by atoms with Gasteiger partial charge in [-0.2, -0.15) is 15.2 Å². The third kappa shape index (κ3) is 7.86. The molecule has 44 heavy (non-hydrogen) atoms. The van der Waals surface area contributed by atoms with Crippen LogP contribution in [0.3, 0.4) is 0 Å². The second-order valence-electron chi connectivity index (χ2n) is 11.0. The largest absolute Gasteiger partial charge is 0.467 e. The summed E-state index contributed by atoms with van der Waals surface area (Å²) in [6, 6.07) is 17.4. The standard InChI is InChI=1S/C29H32N6O2.C4H9N.C2H6/c1-3-27(36)35-17-7-16-33(18-13-22(35)12-15-30)28-24-14-19-34(20-25(24)31-29(32-28)37-2)26-11-6-9-21-8-4-5-10-23(21)26;1-2-4-5-3-1;1-2/h3-6,8-11,22H,1,7,12-14,16-20H2,2H3;5H,1-4H2;1-2H3. The normalized spacial score (nSPS) is 18.0. The summed E-state index contributed by atoms with van der Waals surface area (Å²) in [6.07, 6.45) is 6.73. The zero-order valence-electron chi connectivity index (χ0n) is 26.6. The molecule has 1 atom stereocenters. The number of aromatic nitrogens is 2. The Bertz CT molecular complexity index is 1420. The molecule has 3 aliphatic rings. The average Bonchev–Trinajstić information content (AvgIpc) is 3.67. The Kier molecular flexibility index (Phi) is 12.4. The van der Waals surface area contributed by atoms with Gasteiger partial charge in [0, 0.05) is 48.9 Å². The first-order valence-electron chi connectivity index (χ1n) is 16.0. The van der Waals surface area contributed by atoms with Crippen LogP contribution in [0, 0.1) is 11.3 Å². The number of hydrogen-bond acceptors (Lipinski definition) is 8. The lowest BCUT2D eigenvalue weighted by Gasteiger charge is -2.38. The summed E-state index contributed by atoms with van der Waals surface area (Å²) in [5.41, 5.74) is 3.36. The highest BCUT2D eigenvalue weighted by Gasteiger charge is 2.29. The fourth-order valence-corrected chi connectivity index (χ4v) is 6.18. The fraction of sp³-hybridized carbons (Fsp3) is 0.486. The van der Waals surface area contributed by atoms with Crippen LogP contribution in [-0.4, -0.2) is 73.2 Å². The molecular weight excluding hydrogens is 550 g/mol. The molecule has 3 aromatic rings. The number of carbonyl (C=O) groups excluding carboxylic acids is 1. The molecule has 9 nitrogen and oxygen atoms in total. The number of nitrogens with zero attached hydrogens (tertiary/aromatic N) is 6. The number of benzene rings is 2. The molecule has 0 radical (unpaired) electrons. The van der Waals surface area contributed by atoms with E-state index in [0.29, 0.717) is 38.5 Å². The van der Waals surface area contributed by atoms with E-state index in [9.17, 15) is 10.1 Å². The average molecular weight is 598 g/mol. The maximum absolute atomic E-state index is 12.4. The van der Waals surface area contributed by atoms with Gasteiger partial charge in [-0.15, -0.1) is 0 Å². The maximum atomic E-state index is 12.4. The van der Waals surface area contributed by atoms with Gasteiger partial charge in [-0.1, -0.05) is 56.8 Å². The number of ether oxygens (including phenoxy) is 1. The summed E-state index contributed by atoms with van der Waals surface area (Å²) in [5, 5.41) is 15.1. The summed E-state index contributed by atoms with van der Waals surface area (Å²) in [5.74, 6) is 0.807. The first-order chi connectivity index (χ1) is 21.6. The van der Waals surface area contributed by atoms with Crippen molar-refractivity contribution in [2.45, 2.75) is 65.0 Å². The lowest BCUT2D eigenvalue weighted by atomic mass is 10.0. The van der Waals surface area contributed by atoms with Crippen LogP contribution in [0.5, 0.6) is 6.01 Å². The van der Waals surface area contributed by atoms with Crippen molar-refractivity contribution in [1.29, 1.82) is 5.26 Å². The Balaban J connectivity index is 0.000000565. The topological polar surface area (TPSA) is 97.6 Å². The first-order valence-corrected chi connectivity index (χ1v) is 16.0. The summed E-state index contributed by atoms with van der Waals surface area (Å²) < 4.78 is 5.53. The first kappa shape index (κ1) is 32.7. The van der Waals surface area contributed by atoms with E-state index >= 15 is 0 Å². The fourth-order valence-electron chi connectivity index (χ4n) is 6.18. The minimum Gasteiger partial charge on any atom is -0.467 e. The van der Waals surface area contributed by atoms with E-state index in [2.05, 4.69) is 70.2 Å². The molecule has 1 aromatic heterocycles. The van der Waals surface area contributed by atoms with Crippen molar-refractivity contribution in [1.82, 2.24) is 20.2 Å². The van der Waals surface area contributed by atoms with Crippen molar-refractivity contribution in [3.8, 4) is 12.1 Å². The second kappa shape index (κ2) is 16.6. The molecule has 2 saturated heterocycles. The zero-order valence-corrected chi connectivity index (χ0v) is 26.6. The van der Waals surface area contributed by atoms with Crippen LogP contribution >= 0.6 is 0 Å². The molecule has 2 fully saturated rings. The van der Waals surface area contributed by atoms with Crippen molar-refractivity contribution in [2.24, 2.45) is 0 Å². The molecular formula is C35H47N7O2. The second-order valence-corrected chi connectivity index (χ2v) is 11.0. The van der Waals surface area contributed by atoms with Gasteiger partial charge in [-0.05, 0) is 62.7 Å². The van der Waals surface area contributed by atoms with Gasteiger partial charge in [0.25, 0.3) is 0 Å². The molecule has 234 valence electrons. The van der Waals surface area contributed by atoms with Crippen molar-refractivity contribution < 1.29 is 9.53 Å². The highest BCUT2D eigenvalue weighted by Crippen LogP contribution is 2.34. The van der Waals surface area contributed by atoms with Crippen molar-refractivity contribution in [3.63, 3.8) is 0 Å². The van der Waals surface area contributed by atoms with E-state index in [4.69, 9.17) is 14.7 Å². The number of carbonyl (C=O) groups is 1. The summed E-state index contributed by atoms with van der Waals surface area (Å²) in [4.78, 5) is 28.5. The van der Waals surface area contributed by atoms with Gasteiger partial charge in [0.2, 0.25) is 5.91 Å². The van der Waals surface area contributed by atoms with E-state index < -0.39 is 0 Å². The molecule has 6 rings (SSSR count). The van der Waals surface area contributed by atoms with Gasteiger partial charge in [0.15, 0.2) is 0 Å². The van der Waals surface area contributed by atoms with E-state index in [0.717, 1.165) is 43.0 Å². The van der Waals surface area contributed by atoms with Gasteiger partial charge >= 0.3 is 6.01 Å². The molecule has 4 heterocycles. The quantitative estimate of drug-likeness (QED) is 0.386. The van der Waals surface area contributed by atoms with Crippen LogP contribution in [0.4, 0.5) is 11.5 Å². The van der Waals surface area contributed by atoms with Crippen LogP contribution in [0.1, 0.15) is 57.2 Å². The SMILES string of the molecule is C1CCNC1.C=CC(=O)N1CCCN(c2nc(OC)nc3c2CCN(c2cccc4ccccc24)C3)CCC1CC#N.CC. The Morgan fingerprint density at radius 1 is 1.05 bits per heavy atom. The molecule has 3 aliphatic heterocycles. The molecule has 0 spiro atoms. The smallest absolute Gasteiger partial charge is 0.318 e. The van der Waals surface area contributed by atoms with Crippen molar-refractivity contribution in [3.05, 3.63) is 66.4 Å². The Morgan fingerprint density at radius 2 is 1.82 bits per heavy atom. The van der Waals surface area contributed by atoms with Gasteiger partial charge in [-0.25, -0.2) is 0 Å². The molecule has 1 amide bonds. The summed E-state index contributed by atoms with van der Waals surface area (Å²) in [6.45, 7) is 13.7. The van der Waals surface area contributed by atoms with Crippen molar-refractivity contribution >= 4 is 28.2 Å². The highest BCUT2D eigenvalue weighted by molar-refractivity contribution is 5.94. The van der Waals surface area contributed by atoms with Crippen LogP contribution < -0.4 is 19.9 Å². The molecule has 2 aromatic carbocycles. The van der Waals surface area contributed by atoms with Gasteiger partial charge in [0.05, 0.1) is 31.8 Å². The van der Waals surface area contributed by atoms with Gasteiger partial charge in [-0.3, -0.25) is 4.79 Å². The lowest BCUT2D eigenvalue weighted by Crippen LogP contribution is -2.46.